The van der Waals surface area contributed by atoms with Crippen LogP contribution in [0.5, 0.6) is 0 Å². The first kappa shape index (κ1) is 14.9. The van der Waals surface area contributed by atoms with E-state index in [-0.39, 0.29) is 22.9 Å². The predicted molar refractivity (Wildman–Crippen MR) is 74.7 cm³/mol. The Bertz CT molecular complexity index is 582. The molecule has 0 bridgehead atoms. The third-order valence-corrected chi connectivity index (χ3v) is 4.59. The molecule has 0 aromatic heterocycles. The van der Waals surface area contributed by atoms with Gasteiger partial charge in [-0.15, -0.1) is 0 Å². The van der Waals surface area contributed by atoms with Crippen molar-refractivity contribution in [3.63, 3.8) is 0 Å². The van der Waals surface area contributed by atoms with E-state index < -0.39 is 14.9 Å². The van der Waals surface area contributed by atoms with Gasteiger partial charge in [0.15, 0.2) is 0 Å². The molecule has 1 aliphatic rings. The van der Waals surface area contributed by atoms with Crippen LogP contribution in [0.15, 0.2) is 24.3 Å². The summed E-state index contributed by atoms with van der Waals surface area (Å²) in [6, 6.07) is 5.89. The Labute approximate surface area is 117 Å². The van der Waals surface area contributed by atoms with Crippen molar-refractivity contribution in [3.05, 3.63) is 39.9 Å². The van der Waals surface area contributed by atoms with Crippen molar-refractivity contribution in [2.75, 3.05) is 19.6 Å². The van der Waals surface area contributed by atoms with Gasteiger partial charge in [0.25, 0.3) is 5.69 Å². The average Bonchev–Trinajstić information content (AvgIpc) is 2.89. The molecule has 0 radical (unpaired) electrons. The Morgan fingerprint density at radius 3 is 2.80 bits per heavy atom. The largest absolute Gasteiger partial charge is 0.316 e. The van der Waals surface area contributed by atoms with Gasteiger partial charge in [0.1, 0.15) is 0 Å². The van der Waals surface area contributed by atoms with Crippen LogP contribution in [-0.4, -0.2) is 33.0 Å². The van der Waals surface area contributed by atoms with Gasteiger partial charge >= 0.3 is 0 Å². The summed E-state index contributed by atoms with van der Waals surface area (Å²) in [6.45, 7) is 2.07. The van der Waals surface area contributed by atoms with Crippen LogP contribution >= 0.6 is 0 Å². The molecule has 1 aliphatic heterocycles. The molecule has 0 spiro atoms. The smallest absolute Gasteiger partial charge is 0.273 e. The van der Waals surface area contributed by atoms with Crippen LogP contribution in [0.4, 0.5) is 5.69 Å². The fourth-order valence-corrected chi connectivity index (χ4v) is 3.45. The summed E-state index contributed by atoms with van der Waals surface area (Å²) >= 11 is 0. The second-order valence-electron chi connectivity index (χ2n) is 4.85. The Morgan fingerprint density at radius 1 is 1.40 bits per heavy atom. The van der Waals surface area contributed by atoms with Crippen molar-refractivity contribution in [1.29, 1.82) is 0 Å². The first-order chi connectivity index (χ1) is 9.48. The normalized spacial score (nSPS) is 19.1. The van der Waals surface area contributed by atoms with Crippen molar-refractivity contribution in [1.82, 2.24) is 10.0 Å². The molecule has 1 unspecified atom stereocenters. The first-order valence-corrected chi connectivity index (χ1v) is 8.03. The minimum absolute atomic E-state index is 0.166. The van der Waals surface area contributed by atoms with Gasteiger partial charge in [-0.25, -0.2) is 13.1 Å². The van der Waals surface area contributed by atoms with Gasteiger partial charge in [-0.3, -0.25) is 10.1 Å². The summed E-state index contributed by atoms with van der Waals surface area (Å²) in [4.78, 5) is 10.3. The van der Waals surface area contributed by atoms with E-state index in [0.29, 0.717) is 6.54 Å². The Hall–Kier alpha value is -1.51. The molecule has 0 saturated carbocycles. The van der Waals surface area contributed by atoms with Crippen molar-refractivity contribution in [2.45, 2.75) is 12.2 Å². The number of para-hydroxylation sites is 1. The molecule has 2 N–H and O–H groups in total. The van der Waals surface area contributed by atoms with Crippen LogP contribution in [0, 0.1) is 16.0 Å². The highest BCUT2D eigenvalue weighted by Gasteiger charge is 2.21. The predicted octanol–water partition coefficient (Wildman–Crippen LogP) is 0.624. The fraction of sp³-hybridized carbons (Fsp3) is 0.500. The minimum atomic E-state index is -3.56. The number of rotatable bonds is 6. The van der Waals surface area contributed by atoms with Crippen molar-refractivity contribution in [2.24, 2.45) is 5.92 Å². The van der Waals surface area contributed by atoms with Crippen LogP contribution in [0.2, 0.25) is 0 Å². The van der Waals surface area contributed by atoms with E-state index in [4.69, 9.17) is 0 Å². The topological polar surface area (TPSA) is 101 Å². The van der Waals surface area contributed by atoms with Crippen molar-refractivity contribution in [3.8, 4) is 0 Å². The molecular weight excluding hydrogens is 282 g/mol. The molecule has 8 heteroatoms. The lowest BCUT2D eigenvalue weighted by Gasteiger charge is -2.10. The summed E-state index contributed by atoms with van der Waals surface area (Å²) < 4.78 is 26.5. The first-order valence-electron chi connectivity index (χ1n) is 6.38. The van der Waals surface area contributed by atoms with Crippen LogP contribution in [0.1, 0.15) is 12.0 Å². The van der Waals surface area contributed by atoms with E-state index in [1.165, 1.54) is 18.2 Å². The number of hydrogen-bond acceptors (Lipinski definition) is 5. The van der Waals surface area contributed by atoms with Gasteiger partial charge in [0.2, 0.25) is 10.0 Å². The third kappa shape index (κ3) is 3.99. The fourth-order valence-electron chi connectivity index (χ4n) is 2.20. The lowest BCUT2D eigenvalue weighted by molar-refractivity contribution is -0.385. The number of benzene rings is 1. The SMILES string of the molecule is O=[N+]([O-])c1ccccc1CS(=O)(=O)NCC1CCNC1. The Kier molecular flexibility index (Phi) is 4.69. The van der Waals surface area contributed by atoms with E-state index in [9.17, 15) is 18.5 Å². The molecule has 0 aliphatic carbocycles. The molecule has 1 atom stereocenters. The maximum Gasteiger partial charge on any atom is 0.273 e. The number of nitrogens with zero attached hydrogens (tertiary/aromatic N) is 1. The number of sulfonamides is 1. The number of hydrogen-bond donors (Lipinski definition) is 2. The third-order valence-electron chi connectivity index (χ3n) is 3.29. The van der Waals surface area contributed by atoms with Crippen LogP contribution in [0.25, 0.3) is 0 Å². The van der Waals surface area contributed by atoms with E-state index >= 15 is 0 Å². The molecule has 20 heavy (non-hydrogen) atoms. The molecular formula is C12H17N3O4S. The number of nitro groups is 1. The summed E-state index contributed by atoms with van der Waals surface area (Å²) in [5, 5.41) is 14.0. The van der Waals surface area contributed by atoms with Gasteiger partial charge in [-0.05, 0) is 25.4 Å². The van der Waals surface area contributed by atoms with Gasteiger partial charge in [0.05, 0.1) is 10.7 Å². The molecule has 1 saturated heterocycles. The monoisotopic (exact) mass is 299 g/mol. The number of nitro benzene ring substituents is 1. The average molecular weight is 299 g/mol. The second kappa shape index (κ2) is 6.29. The summed E-state index contributed by atoms with van der Waals surface area (Å²) in [7, 11) is -3.56. The second-order valence-corrected chi connectivity index (χ2v) is 6.66. The molecule has 1 aromatic carbocycles. The lowest BCUT2D eigenvalue weighted by Crippen LogP contribution is -2.31. The van der Waals surface area contributed by atoms with Crippen LogP contribution < -0.4 is 10.0 Å². The van der Waals surface area contributed by atoms with Gasteiger partial charge in [0, 0.05) is 18.2 Å². The lowest BCUT2D eigenvalue weighted by atomic mass is 10.1. The molecule has 1 aromatic rings. The van der Waals surface area contributed by atoms with E-state index in [1.807, 2.05) is 0 Å². The van der Waals surface area contributed by atoms with Crippen molar-refractivity contribution >= 4 is 15.7 Å². The maximum absolute atomic E-state index is 12.0. The summed E-state index contributed by atoms with van der Waals surface area (Å²) in [5.41, 5.74) is 0.0370. The summed E-state index contributed by atoms with van der Waals surface area (Å²) in [5.74, 6) is -0.0832. The zero-order valence-corrected chi connectivity index (χ0v) is 11.7. The zero-order chi connectivity index (χ0) is 14.6. The molecule has 1 fully saturated rings. The van der Waals surface area contributed by atoms with Gasteiger partial charge < -0.3 is 5.32 Å². The van der Waals surface area contributed by atoms with E-state index in [1.54, 1.807) is 6.07 Å². The Morgan fingerprint density at radius 2 is 2.15 bits per heavy atom. The highest BCUT2D eigenvalue weighted by Crippen LogP contribution is 2.19. The van der Waals surface area contributed by atoms with Gasteiger partial charge in [-0.1, -0.05) is 18.2 Å². The zero-order valence-electron chi connectivity index (χ0n) is 10.9. The summed E-state index contributed by atoms with van der Waals surface area (Å²) in [6.07, 6.45) is 0.938. The van der Waals surface area contributed by atoms with Crippen LogP contribution in [0.3, 0.4) is 0 Å². The highest BCUT2D eigenvalue weighted by molar-refractivity contribution is 7.88. The molecule has 7 nitrogen and oxygen atoms in total. The minimum Gasteiger partial charge on any atom is -0.316 e. The number of nitrogens with one attached hydrogen (secondary N) is 2. The van der Waals surface area contributed by atoms with E-state index in [0.717, 1.165) is 19.5 Å². The van der Waals surface area contributed by atoms with E-state index in [2.05, 4.69) is 10.0 Å². The molecule has 0 amide bonds. The van der Waals surface area contributed by atoms with Crippen LogP contribution in [-0.2, 0) is 15.8 Å². The van der Waals surface area contributed by atoms with Gasteiger partial charge in [-0.2, -0.15) is 0 Å². The molecule has 110 valence electrons. The quantitative estimate of drug-likeness (QED) is 0.592. The standard InChI is InChI=1S/C12H17N3O4S/c16-15(17)12-4-2-1-3-11(12)9-20(18,19)14-8-10-5-6-13-7-10/h1-4,10,13-14H,5-9H2. The highest BCUT2D eigenvalue weighted by atomic mass is 32.2. The van der Waals surface area contributed by atoms with Crippen molar-refractivity contribution < 1.29 is 13.3 Å². The molecule has 2 rings (SSSR count). The molecule has 1 heterocycles. The Balaban J connectivity index is 2.02. The maximum atomic E-state index is 12.0.